The molecule has 0 bridgehead atoms. The van der Waals surface area contributed by atoms with Crippen LogP contribution in [0.2, 0.25) is 0 Å². The van der Waals surface area contributed by atoms with Crippen molar-refractivity contribution in [3.05, 3.63) is 18.0 Å². The van der Waals surface area contributed by atoms with Crippen LogP contribution < -0.4 is 21.3 Å². The summed E-state index contributed by atoms with van der Waals surface area (Å²) >= 11 is 0. The van der Waals surface area contributed by atoms with Gasteiger partial charge in [-0.25, -0.2) is 14.8 Å². The van der Waals surface area contributed by atoms with Gasteiger partial charge in [-0.15, -0.1) is 24.0 Å². The topological polar surface area (TPSA) is 113 Å². The lowest BCUT2D eigenvalue weighted by Crippen LogP contribution is -2.42. The number of hydrogen-bond donors (Lipinski definition) is 4. The summed E-state index contributed by atoms with van der Waals surface area (Å²) in [5.41, 5.74) is -1.57. The third-order valence-electron chi connectivity index (χ3n) is 3.04. The van der Waals surface area contributed by atoms with E-state index in [4.69, 9.17) is 4.74 Å². The first kappa shape index (κ1) is 27.9. The summed E-state index contributed by atoms with van der Waals surface area (Å²) in [6.07, 6.45) is -3.98. The van der Waals surface area contributed by atoms with Gasteiger partial charge < -0.3 is 26.0 Å². The first-order valence-electron chi connectivity index (χ1n) is 9.14. The van der Waals surface area contributed by atoms with Crippen LogP contribution in [0.3, 0.4) is 0 Å². The Labute approximate surface area is 191 Å². The zero-order chi connectivity index (χ0) is 21.9. The highest BCUT2D eigenvalue weighted by Gasteiger charge is 2.32. The smallest absolute Gasteiger partial charge is 0.433 e. The molecule has 1 aromatic rings. The van der Waals surface area contributed by atoms with E-state index < -0.39 is 23.6 Å². The number of halogens is 4. The number of rotatable bonds is 8. The van der Waals surface area contributed by atoms with Crippen LogP contribution >= 0.6 is 24.0 Å². The minimum absolute atomic E-state index is 0. The summed E-state index contributed by atoms with van der Waals surface area (Å²) < 4.78 is 43.0. The second kappa shape index (κ2) is 13.3. The number of anilines is 1. The molecule has 9 nitrogen and oxygen atoms in total. The summed E-state index contributed by atoms with van der Waals surface area (Å²) in [6.45, 7) is 9.10. The molecule has 0 aromatic carbocycles. The molecule has 30 heavy (non-hydrogen) atoms. The van der Waals surface area contributed by atoms with Gasteiger partial charge in [-0.2, -0.15) is 13.2 Å². The van der Waals surface area contributed by atoms with Gasteiger partial charge in [0.1, 0.15) is 11.3 Å². The van der Waals surface area contributed by atoms with Crippen molar-refractivity contribution < 1.29 is 22.7 Å². The molecule has 0 saturated heterocycles. The third kappa shape index (κ3) is 12.5. The second-order valence-electron chi connectivity index (χ2n) is 6.81. The number of alkyl halides is 3. The summed E-state index contributed by atoms with van der Waals surface area (Å²) in [6, 6.07) is 0.807. The van der Waals surface area contributed by atoms with Crippen molar-refractivity contribution in [3.8, 4) is 0 Å². The molecule has 1 heterocycles. The summed E-state index contributed by atoms with van der Waals surface area (Å²) in [7, 11) is 0. The van der Waals surface area contributed by atoms with Crippen LogP contribution in [0.5, 0.6) is 0 Å². The van der Waals surface area contributed by atoms with Crippen molar-refractivity contribution in [1.29, 1.82) is 0 Å². The highest BCUT2D eigenvalue weighted by Crippen LogP contribution is 2.27. The summed E-state index contributed by atoms with van der Waals surface area (Å²) in [5.74, 6) is 0.389. The van der Waals surface area contributed by atoms with Gasteiger partial charge in [0.15, 0.2) is 5.96 Å². The molecule has 0 radical (unpaired) electrons. The number of carbonyl (C=O) groups excluding carboxylic acids is 1. The van der Waals surface area contributed by atoms with Gasteiger partial charge in [0.05, 0.1) is 6.54 Å². The molecule has 0 atom stereocenters. The number of carbonyl (C=O) groups is 1. The standard InChI is InChI=1S/C17H28F3N7O2.HI/c1-5-21-13(24-10-11-26-15(28)29-16(2,3)4)23-8-9-25-14-22-7-6-12(27-14)17(18,19)20;/h6-7H,5,8-11H2,1-4H3,(H,26,28)(H2,21,23,24)(H,22,25,27);1H. The molecule has 4 N–H and O–H groups in total. The average molecular weight is 547 g/mol. The van der Waals surface area contributed by atoms with Gasteiger partial charge >= 0.3 is 12.3 Å². The quantitative estimate of drug-likeness (QED) is 0.171. The normalized spacial score (nSPS) is 11.9. The molecular weight excluding hydrogens is 518 g/mol. The first-order chi connectivity index (χ1) is 13.5. The molecule has 0 saturated carbocycles. The van der Waals surface area contributed by atoms with Gasteiger partial charge in [-0.05, 0) is 33.8 Å². The number of aliphatic imine (C=N–C) groups is 1. The van der Waals surface area contributed by atoms with Gasteiger partial charge in [-0.3, -0.25) is 4.99 Å². The number of guanidine groups is 1. The Morgan fingerprint density at radius 3 is 2.40 bits per heavy atom. The van der Waals surface area contributed by atoms with Crippen LogP contribution in [-0.2, 0) is 10.9 Å². The molecule has 0 aliphatic carbocycles. The van der Waals surface area contributed by atoms with E-state index in [0.29, 0.717) is 25.6 Å². The van der Waals surface area contributed by atoms with Crippen molar-refractivity contribution in [2.45, 2.75) is 39.5 Å². The Kier molecular flexibility index (Phi) is 12.4. The van der Waals surface area contributed by atoms with Crippen LogP contribution in [0.25, 0.3) is 0 Å². The molecule has 13 heteroatoms. The van der Waals surface area contributed by atoms with Crippen molar-refractivity contribution in [2.75, 3.05) is 38.0 Å². The number of nitrogens with zero attached hydrogens (tertiary/aromatic N) is 3. The maximum Gasteiger partial charge on any atom is 0.433 e. The molecule has 1 rings (SSSR count). The Balaban J connectivity index is 0.00000841. The van der Waals surface area contributed by atoms with E-state index in [2.05, 4.69) is 36.2 Å². The molecule has 0 spiro atoms. The average Bonchev–Trinajstić information content (AvgIpc) is 2.60. The maximum atomic E-state index is 12.6. The number of amides is 1. The molecule has 0 aliphatic heterocycles. The van der Waals surface area contributed by atoms with Gasteiger partial charge in [0.25, 0.3) is 0 Å². The van der Waals surface area contributed by atoms with Gasteiger partial charge in [0.2, 0.25) is 5.95 Å². The maximum absolute atomic E-state index is 12.6. The number of alkyl carbamates (subject to hydrolysis) is 1. The molecule has 172 valence electrons. The highest BCUT2D eigenvalue weighted by molar-refractivity contribution is 14.0. The Morgan fingerprint density at radius 1 is 1.13 bits per heavy atom. The van der Waals surface area contributed by atoms with Crippen molar-refractivity contribution in [3.63, 3.8) is 0 Å². The van der Waals surface area contributed by atoms with Crippen molar-refractivity contribution in [2.24, 2.45) is 4.99 Å². The number of nitrogens with one attached hydrogen (secondary N) is 4. The molecule has 0 fully saturated rings. The van der Waals surface area contributed by atoms with Crippen molar-refractivity contribution in [1.82, 2.24) is 25.9 Å². The Bertz CT molecular complexity index is 682. The first-order valence-corrected chi connectivity index (χ1v) is 9.14. The minimum Gasteiger partial charge on any atom is -0.444 e. The fourth-order valence-corrected chi connectivity index (χ4v) is 1.94. The zero-order valence-electron chi connectivity index (χ0n) is 17.4. The van der Waals surface area contributed by atoms with E-state index in [0.717, 1.165) is 12.3 Å². The van der Waals surface area contributed by atoms with Crippen LogP contribution in [0, 0.1) is 0 Å². The summed E-state index contributed by atoms with van der Waals surface area (Å²) in [4.78, 5) is 23.0. The number of aromatic nitrogens is 2. The predicted octanol–water partition coefficient (Wildman–Crippen LogP) is 2.61. The fraction of sp³-hybridized carbons (Fsp3) is 0.647. The highest BCUT2D eigenvalue weighted by atomic mass is 127. The molecule has 1 aromatic heterocycles. The Hall–Kier alpha value is -2.06. The van der Waals surface area contributed by atoms with E-state index in [-0.39, 0.29) is 43.0 Å². The SMILES string of the molecule is CCNC(=NCCNc1nccc(C(F)(F)F)n1)NCCNC(=O)OC(C)(C)C.I. The van der Waals surface area contributed by atoms with E-state index >= 15 is 0 Å². The fourth-order valence-electron chi connectivity index (χ4n) is 1.94. The molecular formula is C17H29F3IN7O2. The van der Waals surface area contributed by atoms with Crippen molar-refractivity contribution >= 4 is 42.0 Å². The van der Waals surface area contributed by atoms with Gasteiger partial charge in [-0.1, -0.05) is 0 Å². The molecule has 0 aliphatic rings. The lowest BCUT2D eigenvalue weighted by molar-refractivity contribution is -0.141. The van der Waals surface area contributed by atoms with E-state index in [1.165, 1.54) is 0 Å². The van der Waals surface area contributed by atoms with E-state index in [1.54, 1.807) is 20.8 Å². The molecule has 1 amide bonds. The number of ether oxygens (including phenoxy) is 1. The van der Waals surface area contributed by atoms with Crippen LogP contribution in [0.4, 0.5) is 23.9 Å². The van der Waals surface area contributed by atoms with E-state index in [9.17, 15) is 18.0 Å². The van der Waals surface area contributed by atoms with Crippen LogP contribution in [0.15, 0.2) is 17.3 Å². The lowest BCUT2D eigenvalue weighted by atomic mass is 10.2. The monoisotopic (exact) mass is 547 g/mol. The number of hydrogen-bond acceptors (Lipinski definition) is 6. The molecule has 0 unspecified atom stereocenters. The van der Waals surface area contributed by atoms with Gasteiger partial charge in [0, 0.05) is 32.4 Å². The van der Waals surface area contributed by atoms with Crippen LogP contribution in [0.1, 0.15) is 33.4 Å². The lowest BCUT2D eigenvalue weighted by Gasteiger charge is -2.19. The third-order valence-corrected chi connectivity index (χ3v) is 3.04. The Morgan fingerprint density at radius 2 is 1.80 bits per heavy atom. The predicted molar refractivity (Wildman–Crippen MR) is 119 cm³/mol. The van der Waals surface area contributed by atoms with E-state index in [1.807, 2.05) is 6.92 Å². The largest absolute Gasteiger partial charge is 0.444 e. The minimum atomic E-state index is -4.52. The zero-order valence-corrected chi connectivity index (χ0v) is 19.7. The summed E-state index contributed by atoms with van der Waals surface area (Å²) in [5, 5.41) is 11.4. The van der Waals surface area contributed by atoms with Crippen LogP contribution in [-0.4, -0.2) is 60.3 Å². The second-order valence-corrected chi connectivity index (χ2v) is 6.81.